The Labute approximate surface area is 123 Å². The van der Waals surface area contributed by atoms with Gasteiger partial charge in [-0.3, -0.25) is 9.89 Å². The fourth-order valence-electron chi connectivity index (χ4n) is 2.16. The highest BCUT2D eigenvalue weighted by molar-refractivity contribution is 9.10. The second kappa shape index (κ2) is 5.02. The third-order valence-corrected chi connectivity index (χ3v) is 4.87. The van der Waals surface area contributed by atoms with Gasteiger partial charge in [-0.1, -0.05) is 28.1 Å². The minimum atomic E-state index is -0.00244. The lowest BCUT2D eigenvalue weighted by molar-refractivity contribution is -0.113. The van der Waals surface area contributed by atoms with Crippen molar-refractivity contribution in [3.8, 4) is 0 Å². The third-order valence-electron chi connectivity index (χ3n) is 3.07. The standard InChI is InChI=1S/C13H12BrN3OS/c1-7-11-12(8-2-4-9(14)5-3-8)19-6-10(18)15-13(11)17-16-7/h2-5,12H,6H2,1H3,(H2,15,16,17,18)/t12-/m1/s1. The van der Waals surface area contributed by atoms with E-state index in [1.165, 1.54) is 5.56 Å². The number of hydrogen-bond donors (Lipinski definition) is 2. The van der Waals surface area contributed by atoms with Gasteiger partial charge in [0.2, 0.25) is 5.91 Å². The number of halogens is 1. The fourth-order valence-corrected chi connectivity index (χ4v) is 3.62. The first-order chi connectivity index (χ1) is 9.15. The maximum absolute atomic E-state index is 11.7. The summed E-state index contributed by atoms with van der Waals surface area (Å²) < 4.78 is 1.05. The number of carbonyl (C=O) groups excluding carboxylic acids is 1. The predicted octanol–water partition coefficient (Wildman–Crippen LogP) is 3.26. The van der Waals surface area contributed by atoms with Gasteiger partial charge in [-0.25, -0.2) is 0 Å². The molecule has 0 spiro atoms. The summed E-state index contributed by atoms with van der Waals surface area (Å²) >= 11 is 5.07. The maximum Gasteiger partial charge on any atom is 0.235 e. The highest BCUT2D eigenvalue weighted by Gasteiger charge is 2.27. The summed E-state index contributed by atoms with van der Waals surface area (Å²) in [6.07, 6.45) is 0. The van der Waals surface area contributed by atoms with E-state index < -0.39 is 0 Å². The van der Waals surface area contributed by atoms with Crippen LogP contribution in [-0.4, -0.2) is 21.9 Å². The molecule has 6 heteroatoms. The van der Waals surface area contributed by atoms with Gasteiger partial charge < -0.3 is 5.32 Å². The van der Waals surface area contributed by atoms with E-state index in [2.05, 4.69) is 43.6 Å². The van der Waals surface area contributed by atoms with Gasteiger partial charge in [0.15, 0.2) is 5.82 Å². The van der Waals surface area contributed by atoms with Gasteiger partial charge in [0.1, 0.15) is 0 Å². The van der Waals surface area contributed by atoms with Crippen molar-refractivity contribution < 1.29 is 4.79 Å². The van der Waals surface area contributed by atoms with Crippen molar-refractivity contribution in [3.05, 3.63) is 45.6 Å². The number of hydrogen-bond acceptors (Lipinski definition) is 3. The van der Waals surface area contributed by atoms with E-state index in [1.807, 2.05) is 19.1 Å². The number of H-pyrrole nitrogens is 1. The fraction of sp³-hybridized carbons (Fsp3) is 0.231. The monoisotopic (exact) mass is 337 g/mol. The lowest BCUT2D eigenvalue weighted by Crippen LogP contribution is -2.12. The van der Waals surface area contributed by atoms with E-state index in [-0.39, 0.29) is 11.2 Å². The molecule has 3 rings (SSSR count). The van der Waals surface area contributed by atoms with Crippen LogP contribution in [0.25, 0.3) is 0 Å². The van der Waals surface area contributed by atoms with Gasteiger partial charge in [-0.05, 0) is 24.6 Å². The Morgan fingerprint density at radius 3 is 2.84 bits per heavy atom. The molecule has 0 bridgehead atoms. The average molecular weight is 338 g/mol. The lowest BCUT2D eigenvalue weighted by Gasteiger charge is -2.15. The summed E-state index contributed by atoms with van der Waals surface area (Å²) in [5, 5.41) is 10.1. The topological polar surface area (TPSA) is 57.8 Å². The SMILES string of the molecule is Cc1[nH]nc2c1[C@@H](c1ccc(Br)cc1)SCC(=O)N2. The lowest BCUT2D eigenvalue weighted by atomic mass is 10.0. The molecule has 0 unspecified atom stereocenters. The zero-order valence-corrected chi connectivity index (χ0v) is 12.6. The van der Waals surface area contributed by atoms with Crippen LogP contribution in [-0.2, 0) is 4.79 Å². The van der Waals surface area contributed by atoms with Crippen LogP contribution in [0.15, 0.2) is 28.7 Å². The Kier molecular flexibility index (Phi) is 3.36. The van der Waals surface area contributed by atoms with Crippen LogP contribution in [0.4, 0.5) is 5.82 Å². The van der Waals surface area contributed by atoms with Crippen LogP contribution >= 0.6 is 27.7 Å². The number of aromatic nitrogens is 2. The molecule has 0 aliphatic carbocycles. The van der Waals surface area contributed by atoms with Crippen LogP contribution in [0.3, 0.4) is 0 Å². The zero-order chi connectivity index (χ0) is 13.4. The molecule has 1 atom stereocenters. The van der Waals surface area contributed by atoms with Crippen molar-refractivity contribution in [1.82, 2.24) is 10.2 Å². The summed E-state index contributed by atoms with van der Waals surface area (Å²) in [7, 11) is 0. The second-order valence-corrected chi connectivity index (χ2v) is 6.41. The number of anilines is 1. The quantitative estimate of drug-likeness (QED) is 0.839. The molecule has 19 heavy (non-hydrogen) atoms. The Hall–Kier alpha value is -1.27. The van der Waals surface area contributed by atoms with Crippen LogP contribution in [0, 0.1) is 6.92 Å². The molecule has 2 aromatic rings. The van der Waals surface area contributed by atoms with Crippen molar-refractivity contribution >= 4 is 39.4 Å². The van der Waals surface area contributed by atoms with Crippen molar-refractivity contribution in [2.24, 2.45) is 0 Å². The summed E-state index contributed by atoms with van der Waals surface area (Å²) in [6, 6.07) is 8.19. The number of rotatable bonds is 1. The molecule has 1 amide bonds. The molecule has 1 aromatic heterocycles. The highest BCUT2D eigenvalue weighted by atomic mass is 79.9. The zero-order valence-electron chi connectivity index (χ0n) is 10.2. The van der Waals surface area contributed by atoms with Gasteiger partial charge >= 0.3 is 0 Å². The summed E-state index contributed by atoms with van der Waals surface area (Å²) in [5.74, 6) is 1.09. The van der Waals surface area contributed by atoms with E-state index in [1.54, 1.807) is 11.8 Å². The van der Waals surface area contributed by atoms with E-state index in [0.717, 1.165) is 15.7 Å². The summed E-state index contributed by atoms with van der Waals surface area (Å²) in [6.45, 7) is 1.98. The molecule has 2 N–H and O–H groups in total. The molecule has 1 aliphatic heterocycles. The van der Waals surface area contributed by atoms with E-state index in [0.29, 0.717) is 11.6 Å². The predicted molar refractivity (Wildman–Crippen MR) is 80.4 cm³/mol. The Morgan fingerprint density at radius 1 is 1.37 bits per heavy atom. The Morgan fingerprint density at radius 2 is 2.11 bits per heavy atom. The molecular weight excluding hydrogens is 326 g/mol. The highest BCUT2D eigenvalue weighted by Crippen LogP contribution is 2.42. The van der Waals surface area contributed by atoms with Gasteiger partial charge in [-0.2, -0.15) is 5.10 Å². The number of nitrogens with one attached hydrogen (secondary N) is 2. The first-order valence-corrected chi connectivity index (χ1v) is 7.71. The average Bonchev–Trinajstić information content (AvgIpc) is 2.65. The molecule has 0 saturated carbocycles. The molecular formula is C13H12BrN3OS. The number of benzene rings is 1. The normalized spacial score (nSPS) is 18.6. The Bertz CT molecular complexity index is 623. The van der Waals surface area contributed by atoms with Crippen LogP contribution < -0.4 is 5.32 Å². The van der Waals surface area contributed by atoms with Gasteiger partial charge in [0.25, 0.3) is 0 Å². The number of aromatic amines is 1. The van der Waals surface area contributed by atoms with E-state index in [4.69, 9.17) is 0 Å². The molecule has 0 saturated heterocycles. The minimum Gasteiger partial charge on any atom is -0.308 e. The van der Waals surface area contributed by atoms with E-state index >= 15 is 0 Å². The molecule has 4 nitrogen and oxygen atoms in total. The molecule has 98 valence electrons. The van der Waals surface area contributed by atoms with Crippen LogP contribution in [0.5, 0.6) is 0 Å². The molecule has 2 heterocycles. The number of aryl methyl sites for hydroxylation is 1. The largest absolute Gasteiger partial charge is 0.308 e. The summed E-state index contributed by atoms with van der Waals surface area (Å²) in [4.78, 5) is 11.7. The number of fused-ring (bicyclic) bond motifs is 1. The maximum atomic E-state index is 11.7. The smallest absolute Gasteiger partial charge is 0.235 e. The minimum absolute atomic E-state index is 0.00244. The first-order valence-electron chi connectivity index (χ1n) is 5.87. The molecule has 1 aromatic carbocycles. The number of carbonyl (C=O) groups is 1. The molecule has 1 aliphatic rings. The van der Waals surface area contributed by atoms with Crippen molar-refractivity contribution in [3.63, 3.8) is 0 Å². The van der Waals surface area contributed by atoms with Crippen molar-refractivity contribution in [2.75, 3.05) is 11.1 Å². The Balaban J connectivity index is 2.08. The van der Waals surface area contributed by atoms with Crippen LogP contribution in [0.1, 0.15) is 22.1 Å². The van der Waals surface area contributed by atoms with Crippen molar-refractivity contribution in [1.29, 1.82) is 0 Å². The molecule has 0 radical (unpaired) electrons. The van der Waals surface area contributed by atoms with Crippen molar-refractivity contribution in [2.45, 2.75) is 12.2 Å². The first kappa shape index (κ1) is 12.7. The van der Waals surface area contributed by atoms with Gasteiger partial charge in [-0.15, -0.1) is 11.8 Å². The second-order valence-electron chi connectivity index (χ2n) is 4.40. The number of nitrogens with zero attached hydrogens (tertiary/aromatic N) is 1. The van der Waals surface area contributed by atoms with Gasteiger partial charge in [0, 0.05) is 15.7 Å². The number of amides is 1. The van der Waals surface area contributed by atoms with Gasteiger partial charge in [0.05, 0.1) is 11.0 Å². The van der Waals surface area contributed by atoms with E-state index in [9.17, 15) is 4.79 Å². The molecule has 0 fully saturated rings. The third kappa shape index (κ3) is 2.42. The summed E-state index contributed by atoms with van der Waals surface area (Å²) in [5.41, 5.74) is 3.24. The number of thioether (sulfide) groups is 1. The van der Waals surface area contributed by atoms with Crippen LogP contribution in [0.2, 0.25) is 0 Å².